The number of rotatable bonds is 4. The standard InChI is InChI=1S/C15H14Cl2N4OS/c16-10-4-3-9(7-11(10)17)21-6-5-12(14(21)22)18-15-20-19-13(23-15)8-1-2-8/h3-4,7-8,12H,1-2,5-6H2,(H,18,20). The molecule has 1 aromatic heterocycles. The summed E-state index contributed by atoms with van der Waals surface area (Å²) in [7, 11) is 0. The fourth-order valence-electron chi connectivity index (χ4n) is 2.66. The van der Waals surface area contributed by atoms with Crippen LogP contribution >= 0.6 is 34.5 Å². The lowest BCUT2D eigenvalue weighted by Gasteiger charge is -2.17. The molecule has 1 aliphatic carbocycles. The number of amides is 1. The summed E-state index contributed by atoms with van der Waals surface area (Å²) in [5.41, 5.74) is 0.768. The molecule has 23 heavy (non-hydrogen) atoms. The molecule has 2 aromatic rings. The molecule has 8 heteroatoms. The molecule has 1 N–H and O–H groups in total. The van der Waals surface area contributed by atoms with Crippen molar-refractivity contribution >= 4 is 51.3 Å². The van der Waals surface area contributed by atoms with E-state index in [1.54, 1.807) is 28.4 Å². The van der Waals surface area contributed by atoms with Crippen LogP contribution in [0.3, 0.4) is 0 Å². The Hall–Kier alpha value is -1.37. The van der Waals surface area contributed by atoms with E-state index in [1.165, 1.54) is 12.8 Å². The van der Waals surface area contributed by atoms with Crippen LogP contribution in [0.5, 0.6) is 0 Å². The molecule has 0 radical (unpaired) electrons. The van der Waals surface area contributed by atoms with Crippen molar-refractivity contribution in [3.8, 4) is 0 Å². The van der Waals surface area contributed by atoms with Gasteiger partial charge in [-0.15, -0.1) is 10.2 Å². The first-order chi connectivity index (χ1) is 11.1. The molecule has 1 atom stereocenters. The fourth-order valence-corrected chi connectivity index (χ4v) is 3.92. The van der Waals surface area contributed by atoms with Crippen LogP contribution in [0.2, 0.25) is 10.0 Å². The Morgan fingerprint density at radius 2 is 2.00 bits per heavy atom. The first kappa shape index (κ1) is 15.2. The van der Waals surface area contributed by atoms with Crippen LogP contribution in [0.4, 0.5) is 10.8 Å². The van der Waals surface area contributed by atoms with Crippen LogP contribution < -0.4 is 10.2 Å². The van der Waals surface area contributed by atoms with Crippen LogP contribution in [-0.4, -0.2) is 28.7 Å². The molecule has 1 saturated heterocycles. The van der Waals surface area contributed by atoms with E-state index in [9.17, 15) is 4.79 Å². The zero-order chi connectivity index (χ0) is 16.0. The van der Waals surface area contributed by atoms with Gasteiger partial charge in [0.1, 0.15) is 11.0 Å². The van der Waals surface area contributed by atoms with Crippen LogP contribution in [0.15, 0.2) is 18.2 Å². The van der Waals surface area contributed by atoms with Gasteiger partial charge in [-0.05, 0) is 37.5 Å². The minimum absolute atomic E-state index is 0.0200. The van der Waals surface area contributed by atoms with Crippen molar-refractivity contribution in [3.63, 3.8) is 0 Å². The van der Waals surface area contributed by atoms with E-state index in [2.05, 4.69) is 15.5 Å². The molecule has 5 nitrogen and oxygen atoms in total. The summed E-state index contributed by atoms with van der Waals surface area (Å²) in [4.78, 5) is 14.3. The van der Waals surface area contributed by atoms with Gasteiger partial charge in [-0.1, -0.05) is 34.5 Å². The van der Waals surface area contributed by atoms with Crippen molar-refractivity contribution in [2.45, 2.75) is 31.2 Å². The highest BCUT2D eigenvalue weighted by atomic mass is 35.5. The van der Waals surface area contributed by atoms with Gasteiger partial charge < -0.3 is 10.2 Å². The highest BCUT2D eigenvalue weighted by molar-refractivity contribution is 7.15. The Labute approximate surface area is 147 Å². The largest absolute Gasteiger partial charge is 0.348 e. The smallest absolute Gasteiger partial charge is 0.249 e. The van der Waals surface area contributed by atoms with E-state index in [0.717, 1.165) is 22.2 Å². The lowest BCUT2D eigenvalue weighted by atomic mass is 10.2. The SMILES string of the molecule is O=C1C(Nc2nnc(C3CC3)s2)CCN1c1ccc(Cl)c(Cl)c1. The first-order valence-electron chi connectivity index (χ1n) is 7.48. The molecule has 2 fully saturated rings. The molecule has 4 rings (SSSR count). The van der Waals surface area contributed by atoms with Crippen LogP contribution in [0, 0.1) is 0 Å². The third-order valence-corrected chi connectivity index (χ3v) is 5.84. The summed E-state index contributed by atoms with van der Waals surface area (Å²) >= 11 is 13.5. The predicted octanol–water partition coefficient (Wildman–Crippen LogP) is 3.94. The highest BCUT2D eigenvalue weighted by Crippen LogP contribution is 2.42. The topological polar surface area (TPSA) is 58.1 Å². The average Bonchev–Trinajstić information content (AvgIpc) is 3.19. The van der Waals surface area contributed by atoms with Gasteiger partial charge in [0, 0.05) is 18.2 Å². The van der Waals surface area contributed by atoms with Crippen molar-refractivity contribution in [1.29, 1.82) is 0 Å². The summed E-state index contributed by atoms with van der Waals surface area (Å²) in [5, 5.41) is 14.3. The Balaban J connectivity index is 1.46. The monoisotopic (exact) mass is 368 g/mol. The second kappa shape index (κ2) is 5.92. The van der Waals surface area contributed by atoms with Crippen LogP contribution in [0.25, 0.3) is 0 Å². The maximum absolute atomic E-state index is 12.6. The zero-order valence-electron chi connectivity index (χ0n) is 12.1. The van der Waals surface area contributed by atoms with Crippen molar-refractivity contribution in [2.24, 2.45) is 0 Å². The lowest BCUT2D eigenvalue weighted by Crippen LogP contribution is -2.33. The van der Waals surface area contributed by atoms with Gasteiger partial charge in [0.25, 0.3) is 0 Å². The number of anilines is 2. The number of nitrogens with zero attached hydrogens (tertiary/aromatic N) is 3. The molecule has 120 valence electrons. The van der Waals surface area contributed by atoms with Gasteiger partial charge in [0.15, 0.2) is 0 Å². The summed E-state index contributed by atoms with van der Waals surface area (Å²) in [6.07, 6.45) is 3.11. The normalized spacial score (nSPS) is 21.0. The lowest BCUT2D eigenvalue weighted by molar-refractivity contribution is -0.117. The second-order valence-electron chi connectivity index (χ2n) is 5.79. The molecule has 1 amide bonds. The molecular formula is C15H14Cl2N4OS. The Bertz CT molecular complexity index is 762. The molecule has 2 heterocycles. The van der Waals surface area contributed by atoms with Crippen molar-refractivity contribution in [3.05, 3.63) is 33.3 Å². The average molecular weight is 369 g/mol. The van der Waals surface area contributed by atoms with Gasteiger partial charge in [-0.2, -0.15) is 0 Å². The van der Waals surface area contributed by atoms with Crippen molar-refractivity contribution < 1.29 is 4.79 Å². The molecule has 0 spiro atoms. The zero-order valence-corrected chi connectivity index (χ0v) is 14.5. The quantitative estimate of drug-likeness (QED) is 0.887. The van der Waals surface area contributed by atoms with Gasteiger partial charge in [-0.25, -0.2) is 0 Å². The summed E-state index contributed by atoms with van der Waals surface area (Å²) in [6.45, 7) is 0.642. The molecule has 1 aliphatic heterocycles. The van der Waals surface area contributed by atoms with Crippen LogP contribution in [0.1, 0.15) is 30.2 Å². The highest BCUT2D eigenvalue weighted by Gasteiger charge is 2.34. The van der Waals surface area contributed by atoms with Crippen LogP contribution in [-0.2, 0) is 4.79 Å². The summed E-state index contributed by atoms with van der Waals surface area (Å²) in [6, 6.07) is 4.97. The number of halogens is 2. The molecule has 1 aromatic carbocycles. The Morgan fingerprint density at radius 3 is 2.74 bits per heavy atom. The molecular weight excluding hydrogens is 355 g/mol. The predicted molar refractivity (Wildman–Crippen MR) is 92.7 cm³/mol. The van der Waals surface area contributed by atoms with Crippen molar-refractivity contribution in [1.82, 2.24) is 10.2 Å². The molecule has 2 aliphatic rings. The van der Waals surface area contributed by atoms with E-state index in [0.29, 0.717) is 22.5 Å². The number of carbonyl (C=O) groups excluding carboxylic acids is 1. The van der Waals surface area contributed by atoms with Gasteiger partial charge >= 0.3 is 0 Å². The fraction of sp³-hybridized carbons (Fsp3) is 0.400. The van der Waals surface area contributed by atoms with E-state index >= 15 is 0 Å². The maximum Gasteiger partial charge on any atom is 0.249 e. The third-order valence-electron chi connectivity index (χ3n) is 4.09. The van der Waals surface area contributed by atoms with Gasteiger partial charge in [0.05, 0.1) is 10.0 Å². The Morgan fingerprint density at radius 1 is 1.17 bits per heavy atom. The maximum atomic E-state index is 12.6. The second-order valence-corrected chi connectivity index (χ2v) is 7.62. The van der Waals surface area contributed by atoms with Crippen molar-refractivity contribution in [2.75, 3.05) is 16.8 Å². The first-order valence-corrected chi connectivity index (χ1v) is 9.05. The number of benzene rings is 1. The molecule has 1 saturated carbocycles. The van der Waals surface area contributed by atoms with E-state index in [4.69, 9.17) is 23.2 Å². The van der Waals surface area contributed by atoms with Gasteiger partial charge in [-0.3, -0.25) is 4.79 Å². The molecule has 1 unspecified atom stereocenters. The number of aromatic nitrogens is 2. The van der Waals surface area contributed by atoms with E-state index < -0.39 is 0 Å². The number of hydrogen-bond donors (Lipinski definition) is 1. The Kier molecular flexibility index (Phi) is 3.91. The number of nitrogens with one attached hydrogen (secondary N) is 1. The minimum atomic E-state index is -0.274. The third kappa shape index (κ3) is 3.03. The molecule has 0 bridgehead atoms. The summed E-state index contributed by atoms with van der Waals surface area (Å²) in [5.74, 6) is 0.599. The van der Waals surface area contributed by atoms with Gasteiger partial charge in [0.2, 0.25) is 11.0 Å². The number of carbonyl (C=O) groups is 1. The van der Waals surface area contributed by atoms with E-state index in [-0.39, 0.29) is 11.9 Å². The summed E-state index contributed by atoms with van der Waals surface area (Å²) < 4.78 is 0. The number of hydrogen-bond acceptors (Lipinski definition) is 5. The van der Waals surface area contributed by atoms with E-state index in [1.807, 2.05) is 6.07 Å². The minimum Gasteiger partial charge on any atom is -0.348 e.